The van der Waals surface area contributed by atoms with Crippen molar-refractivity contribution in [3.05, 3.63) is 40.8 Å². The van der Waals surface area contributed by atoms with E-state index in [2.05, 4.69) is 9.97 Å². The SMILES string of the molecule is Cn1cnc(-c2ccc3[nH]c(=O)oc3c2)c1CCN. The third-order valence-corrected chi connectivity index (χ3v) is 3.13. The highest BCUT2D eigenvalue weighted by atomic mass is 16.4. The Kier molecular flexibility index (Phi) is 2.72. The zero-order valence-corrected chi connectivity index (χ0v) is 10.5. The second-order valence-corrected chi connectivity index (χ2v) is 4.41. The van der Waals surface area contributed by atoms with Gasteiger partial charge in [0.2, 0.25) is 0 Å². The standard InChI is InChI=1S/C13H14N4O2/c1-17-7-15-12(10(17)4-5-14)8-2-3-9-11(6-8)19-13(18)16-9/h2-3,6-7H,4-5,14H2,1H3,(H,16,18). The Morgan fingerprint density at radius 1 is 1.47 bits per heavy atom. The fourth-order valence-corrected chi connectivity index (χ4v) is 2.22. The summed E-state index contributed by atoms with van der Waals surface area (Å²) in [6, 6.07) is 5.54. The molecule has 0 fully saturated rings. The first kappa shape index (κ1) is 11.7. The highest BCUT2D eigenvalue weighted by Gasteiger charge is 2.12. The minimum Gasteiger partial charge on any atom is -0.408 e. The van der Waals surface area contributed by atoms with Crippen LogP contribution in [0.5, 0.6) is 0 Å². The fraction of sp³-hybridized carbons (Fsp3) is 0.231. The highest BCUT2D eigenvalue weighted by molar-refractivity contribution is 5.79. The number of hydrogen-bond donors (Lipinski definition) is 2. The van der Waals surface area contributed by atoms with E-state index in [9.17, 15) is 4.79 Å². The Labute approximate surface area is 108 Å². The van der Waals surface area contributed by atoms with Gasteiger partial charge in [0.25, 0.3) is 0 Å². The van der Waals surface area contributed by atoms with Gasteiger partial charge in [-0.1, -0.05) is 6.07 Å². The van der Waals surface area contributed by atoms with Crippen LogP contribution in [0.15, 0.2) is 33.7 Å². The number of nitrogens with one attached hydrogen (secondary N) is 1. The van der Waals surface area contributed by atoms with Gasteiger partial charge < -0.3 is 14.7 Å². The molecule has 6 nitrogen and oxygen atoms in total. The lowest BCUT2D eigenvalue weighted by Crippen LogP contribution is -2.07. The van der Waals surface area contributed by atoms with Gasteiger partial charge in [0, 0.05) is 24.7 Å². The molecule has 0 unspecified atom stereocenters. The Bertz CT molecular complexity index is 781. The molecule has 0 spiro atoms. The molecule has 2 heterocycles. The molecule has 0 saturated carbocycles. The summed E-state index contributed by atoms with van der Waals surface area (Å²) in [6.07, 6.45) is 2.51. The van der Waals surface area contributed by atoms with Crippen molar-refractivity contribution in [1.29, 1.82) is 0 Å². The van der Waals surface area contributed by atoms with Gasteiger partial charge in [0.1, 0.15) is 0 Å². The van der Waals surface area contributed by atoms with Crippen LogP contribution in [0.3, 0.4) is 0 Å². The van der Waals surface area contributed by atoms with E-state index in [0.717, 1.165) is 23.4 Å². The Hall–Kier alpha value is -2.34. The van der Waals surface area contributed by atoms with Crippen molar-refractivity contribution in [2.24, 2.45) is 12.8 Å². The number of benzene rings is 1. The molecule has 3 N–H and O–H groups in total. The molecule has 2 aromatic heterocycles. The third kappa shape index (κ3) is 1.96. The molecule has 0 aliphatic heterocycles. The maximum Gasteiger partial charge on any atom is 0.417 e. The first-order valence-electron chi connectivity index (χ1n) is 6.02. The molecule has 0 aliphatic carbocycles. The van der Waals surface area contributed by atoms with Gasteiger partial charge in [-0.2, -0.15) is 0 Å². The zero-order chi connectivity index (χ0) is 13.4. The van der Waals surface area contributed by atoms with Crippen molar-refractivity contribution in [1.82, 2.24) is 14.5 Å². The van der Waals surface area contributed by atoms with Crippen LogP contribution in [0.2, 0.25) is 0 Å². The van der Waals surface area contributed by atoms with E-state index in [1.807, 2.05) is 29.8 Å². The van der Waals surface area contributed by atoms with Crippen LogP contribution in [0.25, 0.3) is 22.4 Å². The van der Waals surface area contributed by atoms with Crippen molar-refractivity contribution in [2.75, 3.05) is 6.54 Å². The zero-order valence-electron chi connectivity index (χ0n) is 10.5. The number of imidazole rings is 1. The maximum atomic E-state index is 11.2. The van der Waals surface area contributed by atoms with Crippen molar-refractivity contribution in [3.8, 4) is 11.3 Å². The number of rotatable bonds is 3. The minimum absolute atomic E-state index is 0.449. The highest BCUT2D eigenvalue weighted by Crippen LogP contribution is 2.25. The predicted molar refractivity (Wildman–Crippen MR) is 71.8 cm³/mol. The van der Waals surface area contributed by atoms with Gasteiger partial charge in [-0.25, -0.2) is 9.78 Å². The van der Waals surface area contributed by atoms with Gasteiger partial charge >= 0.3 is 5.76 Å². The molecule has 19 heavy (non-hydrogen) atoms. The lowest BCUT2D eigenvalue weighted by atomic mass is 10.1. The molecule has 0 amide bonds. The monoisotopic (exact) mass is 258 g/mol. The van der Waals surface area contributed by atoms with Crippen LogP contribution >= 0.6 is 0 Å². The quantitative estimate of drug-likeness (QED) is 0.734. The maximum absolute atomic E-state index is 11.2. The van der Waals surface area contributed by atoms with E-state index >= 15 is 0 Å². The van der Waals surface area contributed by atoms with Crippen molar-refractivity contribution < 1.29 is 4.42 Å². The van der Waals surface area contributed by atoms with Gasteiger partial charge in [-0.15, -0.1) is 0 Å². The van der Waals surface area contributed by atoms with E-state index in [1.165, 1.54) is 0 Å². The lowest BCUT2D eigenvalue weighted by Gasteiger charge is -2.04. The summed E-state index contributed by atoms with van der Waals surface area (Å²) < 4.78 is 7.02. The number of hydrogen-bond acceptors (Lipinski definition) is 4. The number of fused-ring (bicyclic) bond motifs is 1. The second-order valence-electron chi connectivity index (χ2n) is 4.41. The number of aryl methyl sites for hydroxylation is 1. The summed E-state index contributed by atoms with van der Waals surface area (Å²) in [5.41, 5.74) is 9.70. The van der Waals surface area contributed by atoms with E-state index in [4.69, 9.17) is 10.2 Å². The second kappa shape index (κ2) is 4.40. The third-order valence-electron chi connectivity index (χ3n) is 3.13. The van der Waals surface area contributed by atoms with Crippen molar-refractivity contribution >= 4 is 11.1 Å². The fourth-order valence-electron chi connectivity index (χ4n) is 2.22. The van der Waals surface area contributed by atoms with Gasteiger partial charge in [0.15, 0.2) is 5.58 Å². The van der Waals surface area contributed by atoms with Gasteiger partial charge in [-0.05, 0) is 18.7 Å². The smallest absolute Gasteiger partial charge is 0.408 e. The molecular formula is C13H14N4O2. The average molecular weight is 258 g/mol. The largest absolute Gasteiger partial charge is 0.417 e. The number of H-pyrrole nitrogens is 1. The summed E-state index contributed by atoms with van der Waals surface area (Å²) >= 11 is 0. The first-order valence-corrected chi connectivity index (χ1v) is 6.02. The summed E-state index contributed by atoms with van der Waals surface area (Å²) in [7, 11) is 1.94. The number of oxazole rings is 1. The van der Waals surface area contributed by atoms with Crippen LogP contribution in [-0.2, 0) is 13.5 Å². The molecule has 3 aromatic rings. The molecule has 0 bridgehead atoms. The molecule has 3 rings (SSSR count). The molecular weight excluding hydrogens is 244 g/mol. The van der Waals surface area contributed by atoms with Crippen LogP contribution in [0.1, 0.15) is 5.69 Å². The van der Waals surface area contributed by atoms with Crippen LogP contribution < -0.4 is 11.5 Å². The van der Waals surface area contributed by atoms with Gasteiger partial charge in [-0.3, -0.25) is 4.98 Å². The van der Waals surface area contributed by atoms with Crippen molar-refractivity contribution in [3.63, 3.8) is 0 Å². The van der Waals surface area contributed by atoms with Gasteiger partial charge in [0.05, 0.1) is 17.5 Å². The predicted octanol–water partition coefficient (Wildman–Crippen LogP) is 1.02. The molecule has 0 aliphatic rings. The van der Waals surface area contributed by atoms with Crippen LogP contribution in [-0.4, -0.2) is 21.1 Å². The summed E-state index contributed by atoms with van der Waals surface area (Å²) in [6.45, 7) is 0.564. The number of nitrogens with zero attached hydrogens (tertiary/aromatic N) is 2. The summed E-state index contributed by atoms with van der Waals surface area (Å²) in [4.78, 5) is 18.2. The summed E-state index contributed by atoms with van der Waals surface area (Å²) in [5.74, 6) is -0.449. The molecule has 98 valence electrons. The van der Waals surface area contributed by atoms with Crippen LogP contribution in [0.4, 0.5) is 0 Å². The average Bonchev–Trinajstić information content (AvgIpc) is 2.92. The molecule has 0 atom stereocenters. The Morgan fingerprint density at radius 2 is 2.32 bits per heavy atom. The number of aromatic amines is 1. The lowest BCUT2D eigenvalue weighted by molar-refractivity contribution is 0.555. The van der Waals surface area contributed by atoms with E-state index in [-0.39, 0.29) is 0 Å². The van der Waals surface area contributed by atoms with Crippen LogP contribution in [0, 0.1) is 0 Å². The van der Waals surface area contributed by atoms with Crippen molar-refractivity contribution in [2.45, 2.75) is 6.42 Å². The Morgan fingerprint density at radius 3 is 3.11 bits per heavy atom. The minimum atomic E-state index is -0.449. The summed E-state index contributed by atoms with van der Waals surface area (Å²) in [5, 5.41) is 0. The molecule has 1 aromatic carbocycles. The first-order chi connectivity index (χ1) is 9.19. The van der Waals surface area contributed by atoms with E-state index < -0.39 is 5.76 Å². The molecule has 0 saturated heterocycles. The normalized spacial score (nSPS) is 11.3. The topological polar surface area (TPSA) is 89.8 Å². The Balaban J connectivity index is 2.15. The van der Waals surface area contributed by atoms with E-state index in [1.54, 1.807) is 6.33 Å². The number of nitrogens with two attached hydrogens (primary N) is 1. The molecule has 0 radical (unpaired) electrons. The van der Waals surface area contributed by atoms with E-state index in [0.29, 0.717) is 17.6 Å². The number of aromatic nitrogens is 3. The molecule has 6 heteroatoms.